The minimum atomic E-state index is 0.0951. The van der Waals surface area contributed by atoms with Crippen LogP contribution in [0.5, 0.6) is 0 Å². The SMILES string of the molecule is Cc1cn(CCCN(CO)Cc2ccccc2)cn1. The van der Waals surface area contributed by atoms with Crippen molar-refractivity contribution in [1.29, 1.82) is 0 Å². The van der Waals surface area contributed by atoms with Crippen molar-refractivity contribution < 1.29 is 5.11 Å². The van der Waals surface area contributed by atoms with Gasteiger partial charge in [0.05, 0.1) is 18.8 Å². The van der Waals surface area contributed by atoms with E-state index in [0.29, 0.717) is 0 Å². The van der Waals surface area contributed by atoms with Gasteiger partial charge in [0.1, 0.15) is 0 Å². The van der Waals surface area contributed by atoms with Gasteiger partial charge < -0.3 is 9.67 Å². The Morgan fingerprint density at radius 1 is 1.26 bits per heavy atom. The van der Waals surface area contributed by atoms with E-state index in [-0.39, 0.29) is 6.73 Å². The van der Waals surface area contributed by atoms with Crippen LogP contribution in [0, 0.1) is 6.92 Å². The summed E-state index contributed by atoms with van der Waals surface area (Å²) in [5, 5.41) is 9.40. The highest BCUT2D eigenvalue weighted by Crippen LogP contribution is 2.05. The van der Waals surface area contributed by atoms with Crippen molar-refractivity contribution in [2.75, 3.05) is 13.3 Å². The minimum absolute atomic E-state index is 0.0951. The maximum Gasteiger partial charge on any atom is 0.0959 e. The van der Waals surface area contributed by atoms with Gasteiger partial charge in [0.15, 0.2) is 0 Å². The van der Waals surface area contributed by atoms with Gasteiger partial charge in [-0.15, -0.1) is 0 Å². The van der Waals surface area contributed by atoms with Crippen LogP contribution in [0.1, 0.15) is 17.7 Å². The fourth-order valence-corrected chi connectivity index (χ4v) is 2.11. The molecule has 2 aromatic rings. The van der Waals surface area contributed by atoms with Crippen LogP contribution in [0.2, 0.25) is 0 Å². The molecule has 1 aromatic heterocycles. The lowest BCUT2D eigenvalue weighted by Crippen LogP contribution is -2.26. The Bertz CT molecular complexity index is 481. The highest BCUT2D eigenvalue weighted by atomic mass is 16.3. The second kappa shape index (κ2) is 7.07. The van der Waals surface area contributed by atoms with E-state index in [9.17, 15) is 5.11 Å². The van der Waals surface area contributed by atoms with Gasteiger partial charge in [0, 0.05) is 25.8 Å². The summed E-state index contributed by atoms with van der Waals surface area (Å²) in [5.41, 5.74) is 2.28. The molecule has 0 saturated heterocycles. The molecule has 1 N–H and O–H groups in total. The predicted octanol–water partition coefficient (Wildman–Crippen LogP) is 2.03. The van der Waals surface area contributed by atoms with Crippen LogP contribution in [0.4, 0.5) is 0 Å². The van der Waals surface area contributed by atoms with Crippen LogP contribution < -0.4 is 0 Å². The monoisotopic (exact) mass is 259 g/mol. The summed E-state index contributed by atoms with van der Waals surface area (Å²) in [5.74, 6) is 0. The predicted molar refractivity (Wildman–Crippen MR) is 75.5 cm³/mol. The molecule has 0 atom stereocenters. The van der Waals surface area contributed by atoms with E-state index in [1.807, 2.05) is 42.5 Å². The first-order valence-corrected chi connectivity index (χ1v) is 6.63. The molecule has 102 valence electrons. The summed E-state index contributed by atoms with van der Waals surface area (Å²) >= 11 is 0. The molecule has 0 unspecified atom stereocenters. The first-order valence-electron chi connectivity index (χ1n) is 6.63. The zero-order valence-corrected chi connectivity index (χ0v) is 11.4. The molecule has 0 aliphatic rings. The van der Waals surface area contributed by atoms with E-state index in [1.165, 1.54) is 5.56 Å². The average Bonchev–Trinajstić information content (AvgIpc) is 2.84. The molecule has 0 bridgehead atoms. The summed E-state index contributed by atoms with van der Waals surface area (Å²) < 4.78 is 2.09. The highest BCUT2D eigenvalue weighted by Gasteiger charge is 2.04. The Labute approximate surface area is 114 Å². The zero-order chi connectivity index (χ0) is 13.5. The number of imidazole rings is 1. The first-order chi connectivity index (χ1) is 9.28. The number of aromatic nitrogens is 2. The minimum Gasteiger partial charge on any atom is -0.381 e. The topological polar surface area (TPSA) is 41.3 Å². The van der Waals surface area contributed by atoms with E-state index in [2.05, 4.69) is 21.7 Å². The lowest BCUT2D eigenvalue weighted by Gasteiger charge is -2.19. The van der Waals surface area contributed by atoms with E-state index in [0.717, 1.165) is 31.7 Å². The fourth-order valence-electron chi connectivity index (χ4n) is 2.11. The van der Waals surface area contributed by atoms with Gasteiger partial charge in [-0.2, -0.15) is 0 Å². The van der Waals surface area contributed by atoms with Crippen molar-refractivity contribution in [2.45, 2.75) is 26.4 Å². The molecular formula is C15H21N3O. The zero-order valence-electron chi connectivity index (χ0n) is 11.4. The number of benzene rings is 1. The Hall–Kier alpha value is -1.65. The molecule has 0 spiro atoms. The first kappa shape index (κ1) is 13.8. The van der Waals surface area contributed by atoms with Gasteiger partial charge in [0.25, 0.3) is 0 Å². The summed E-state index contributed by atoms with van der Waals surface area (Å²) in [6, 6.07) is 10.2. The fraction of sp³-hybridized carbons (Fsp3) is 0.400. The second-order valence-corrected chi connectivity index (χ2v) is 4.79. The Morgan fingerprint density at radius 3 is 2.68 bits per heavy atom. The number of hydrogen-bond donors (Lipinski definition) is 1. The van der Waals surface area contributed by atoms with Crippen molar-refractivity contribution in [3.63, 3.8) is 0 Å². The van der Waals surface area contributed by atoms with Crippen molar-refractivity contribution in [3.8, 4) is 0 Å². The standard InChI is InChI=1S/C15H21N3O/c1-14-10-17(12-16-14)8-5-9-18(13-19)11-15-6-3-2-4-7-15/h2-4,6-7,10,12,19H,5,8-9,11,13H2,1H3. The third kappa shape index (κ3) is 4.50. The molecule has 4 heteroatoms. The lowest BCUT2D eigenvalue weighted by molar-refractivity contribution is 0.0982. The van der Waals surface area contributed by atoms with E-state index < -0.39 is 0 Å². The van der Waals surface area contributed by atoms with Crippen LogP contribution >= 0.6 is 0 Å². The molecule has 0 aliphatic carbocycles. The Balaban J connectivity index is 1.76. The number of aliphatic hydroxyl groups excluding tert-OH is 1. The number of aryl methyl sites for hydroxylation is 2. The van der Waals surface area contributed by atoms with Gasteiger partial charge in [-0.3, -0.25) is 4.90 Å². The molecule has 2 rings (SSSR count). The van der Waals surface area contributed by atoms with Crippen LogP contribution in [-0.4, -0.2) is 32.8 Å². The maximum atomic E-state index is 9.40. The van der Waals surface area contributed by atoms with Gasteiger partial charge >= 0.3 is 0 Å². The molecule has 19 heavy (non-hydrogen) atoms. The maximum absolute atomic E-state index is 9.40. The molecule has 0 aliphatic heterocycles. The molecule has 0 radical (unpaired) electrons. The van der Waals surface area contributed by atoms with Gasteiger partial charge in [-0.05, 0) is 18.9 Å². The van der Waals surface area contributed by atoms with E-state index in [4.69, 9.17) is 0 Å². The molecule has 0 fully saturated rings. The van der Waals surface area contributed by atoms with E-state index >= 15 is 0 Å². The molecule has 0 amide bonds. The quantitative estimate of drug-likeness (QED) is 0.774. The van der Waals surface area contributed by atoms with Crippen molar-refractivity contribution >= 4 is 0 Å². The van der Waals surface area contributed by atoms with Gasteiger partial charge in [-0.25, -0.2) is 4.98 Å². The molecule has 1 heterocycles. The van der Waals surface area contributed by atoms with Crippen molar-refractivity contribution in [3.05, 3.63) is 54.1 Å². The molecule has 0 saturated carbocycles. The van der Waals surface area contributed by atoms with Crippen LogP contribution in [0.25, 0.3) is 0 Å². The smallest absolute Gasteiger partial charge is 0.0959 e. The third-order valence-corrected chi connectivity index (χ3v) is 3.10. The van der Waals surface area contributed by atoms with Gasteiger partial charge in [-0.1, -0.05) is 30.3 Å². The average molecular weight is 259 g/mol. The summed E-state index contributed by atoms with van der Waals surface area (Å²) in [6.07, 6.45) is 4.90. The van der Waals surface area contributed by atoms with Crippen LogP contribution in [0.3, 0.4) is 0 Å². The normalized spacial score (nSPS) is 11.1. The number of aliphatic hydroxyl groups is 1. The Morgan fingerprint density at radius 2 is 2.05 bits per heavy atom. The summed E-state index contributed by atoms with van der Waals surface area (Å²) in [4.78, 5) is 6.24. The lowest BCUT2D eigenvalue weighted by atomic mass is 10.2. The van der Waals surface area contributed by atoms with Gasteiger partial charge in [0.2, 0.25) is 0 Å². The number of rotatable bonds is 7. The van der Waals surface area contributed by atoms with Crippen LogP contribution in [-0.2, 0) is 13.1 Å². The molecule has 4 nitrogen and oxygen atoms in total. The van der Waals surface area contributed by atoms with Crippen LogP contribution in [0.15, 0.2) is 42.9 Å². The van der Waals surface area contributed by atoms with Crippen molar-refractivity contribution in [2.24, 2.45) is 0 Å². The third-order valence-electron chi connectivity index (χ3n) is 3.10. The number of nitrogens with zero attached hydrogens (tertiary/aromatic N) is 3. The number of hydrogen-bond acceptors (Lipinski definition) is 3. The van der Waals surface area contributed by atoms with E-state index in [1.54, 1.807) is 0 Å². The summed E-state index contributed by atoms with van der Waals surface area (Å²) in [7, 11) is 0. The second-order valence-electron chi connectivity index (χ2n) is 4.79. The molecular weight excluding hydrogens is 238 g/mol. The van der Waals surface area contributed by atoms with Crippen molar-refractivity contribution in [1.82, 2.24) is 14.5 Å². The summed E-state index contributed by atoms with van der Waals surface area (Å²) in [6.45, 7) is 4.69. The highest BCUT2D eigenvalue weighted by molar-refractivity contribution is 5.14. The molecule has 1 aromatic carbocycles. The Kier molecular flexibility index (Phi) is 5.12. The largest absolute Gasteiger partial charge is 0.381 e.